The maximum Gasteiger partial charge on any atom is 0.341 e. The lowest BCUT2D eigenvalue weighted by atomic mass is 10.1. The second-order valence-electron chi connectivity index (χ2n) is 3.70. The Morgan fingerprint density at radius 3 is 2.61 bits per heavy atom. The Labute approximate surface area is 102 Å². The molecule has 2 rings (SSSR count). The molecule has 1 aromatic carbocycles. The van der Waals surface area contributed by atoms with Gasteiger partial charge in [-0.1, -0.05) is 0 Å². The van der Waals surface area contributed by atoms with Gasteiger partial charge in [-0.25, -0.2) is 13.6 Å². The minimum absolute atomic E-state index is 0.0923. The van der Waals surface area contributed by atoms with E-state index < -0.39 is 17.6 Å². The van der Waals surface area contributed by atoms with E-state index in [1.54, 1.807) is 6.92 Å². The minimum Gasteiger partial charge on any atom is -0.465 e. The first-order chi connectivity index (χ1) is 8.52. The number of hydrogen-bond donors (Lipinski definition) is 0. The number of rotatable bonds is 2. The normalized spacial score (nSPS) is 10.4. The first kappa shape index (κ1) is 12.3. The second-order valence-corrected chi connectivity index (χ2v) is 3.70. The number of carbonyl (C=O) groups excluding carboxylic acids is 1. The highest BCUT2D eigenvalue weighted by Gasteiger charge is 2.18. The van der Waals surface area contributed by atoms with E-state index in [0.717, 1.165) is 12.1 Å². The van der Waals surface area contributed by atoms with Crippen LogP contribution in [-0.2, 0) is 4.74 Å². The predicted molar refractivity (Wildman–Crippen MR) is 60.1 cm³/mol. The first-order valence-electron chi connectivity index (χ1n) is 5.17. The largest absolute Gasteiger partial charge is 0.465 e. The molecule has 0 amide bonds. The average Bonchev–Trinajstić information content (AvgIpc) is 2.70. The molecule has 0 unspecified atom stereocenters. The van der Waals surface area contributed by atoms with E-state index in [-0.39, 0.29) is 16.9 Å². The first-order valence-corrected chi connectivity index (χ1v) is 5.17. The summed E-state index contributed by atoms with van der Waals surface area (Å²) in [4.78, 5) is 11.4. The summed E-state index contributed by atoms with van der Waals surface area (Å²) in [6.45, 7) is 1.57. The van der Waals surface area contributed by atoms with Crippen LogP contribution in [0.15, 0.2) is 28.7 Å². The third-order valence-corrected chi connectivity index (χ3v) is 2.52. The van der Waals surface area contributed by atoms with Gasteiger partial charge in [0.05, 0.1) is 12.7 Å². The lowest BCUT2D eigenvalue weighted by Gasteiger charge is -1.98. The summed E-state index contributed by atoms with van der Waals surface area (Å²) < 4.78 is 36.2. The van der Waals surface area contributed by atoms with Crippen LogP contribution in [0.4, 0.5) is 8.78 Å². The number of benzene rings is 1. The van der Waals surface area contributed by atoms with Crippen LogP contribution in [0.3, 0.4) is 0 Å². The molecule has 2 aromatic rings. The Hall–Kier alpha value is -2.17. The highest BCUT2D eigenvalue weighted by Crippen LogP contribution is 2.28. The van der Waals surface area contributed by atoms with Crippen molar-refractivity contribution in [2.24, 2.45) is 0 Å². The molecule has 0 spiro atoms. The van der Waals surface area contributed by atoms with Gasteiger partial charge >= 0.3 is 5.97 Å². The van der Waals surface area contributed by atoms with Crippen molar-refractivity contribution in [2.75, 3.05) is 7.11 Å². The molecule has 0 saturated heterocycles. The third-order valence-electron chi connectivity index (χ3n) is 2.52. The zero-order chi connectivity index (χ0) is 13.3. The summed E-state index contributed by atoms with van der Waals surface area (Å²) >= 11 is 0. The monoisotopic (exact) mass is 252 g/mol. The van der Waals surface area contributed by atoms with Crippen LogP contribution in [-0.4, -0.2) is 13.1 Å². The summed E-state index contributed by atoms with van der Waals surface area (Å²) in [6.07, 6.45) is 0. The molecule has 0 radical (unpaired) electrons. The highest BCUT2D eigenvalue weighted by molar-refractivity contribution is 5.91. The van der Waals surface area contributed by atoms with Crippen molar-refractivity contribution in [3.63, 3.8) is 0 Å². The molecule has 94 valence electrons. The summed E-state index contributed by atoms with van der Waals surface area (Å²) in [5.74, 6) is -1.51. The quantitative estimate of drug-likeness (QED) is 0.769. The van der Waals surface area contributed by atoms with Gasteiger partial charge in [-0.15, -0.1) is 0 Å². The topological polar surface area (TPSA) is 39.4 Å². The van der Waals surface area contributed by atoms with E-state index in [0.29, 0.717) is 5.76 Å². The van der Waals surface area contributed by atoms with E-state index >= 15 is 0 Å². The fourth-order valence-corrected chi connectivity index (χ4v) is 1.62. The van der Waals surface area contributed by atoms with Gasteiger partial charge in [0.15, 0.2) is 0 Å². The van der Waals surface area contributed by atoms with Gasteiger partial charge < -0.3 is 9.15 Å². The van der Waals surface area contributed by atoms with Gasteiger partial charge in [-0.05, 0) is 25.1 Å². The van der Waals surface area contributed by atoms with Crippen LogP contribution in [0.1, 0.15) is 16.1 Å². The highest BCUT2D eigenvalue weighted by atomic mass is 19.1. The van der Waals surface area contributed by atoms with E-state index in [9.17, 15) is 13.6 Å². The lowest BCUT2D eigenvalue weighted by Crippen LogP contribution is -2.00. The van der Waals surface area contributed by atoms with Crippen LogP contribution in [0.2, 0.25) is 0 Å². The van der Waals surface area contributed by atoms with E-state index in [1.807, 2.05) is 0 Å². The van der Waals surface area contributed by atoms with Crippen molar-refractivity contribution in [3.05, 3.63) is 47.2 Å². The molecule has 5 heteroatoms. The SMILES string of the molecule is COC(=O)c1cc(-c2ccc(F)cc2F)oc1C. The van der Waals surface area contributed by atoms with Gasteiger partial charge in [0.1, 0.15) is 28.7 Å². The molecule has 0 saturated carbocycles. The predicted octanol–water partition coefficient (Wildman–Crippen LogP) is 3.32. The number of hydrogen-bond acceptors (Lipinski definition) is 3. The third kappa shape index (κ3) is 2.11. The van der Waals surface area contributed by atoms with Crippen molar-refractivity contribution < 1.29 is 22.7 Å². The van der Waals surface area contributed by atoms with E-state index in [4.69, 9.17) is 4.42 Å². The molecular formula is C13H10F2O3. The van der Waals surface area contributed by atoms with E-state index in [1.165, 1.54) is 19.2 Å². The Morgan fingerprint density at radius 2 is 2.00 bits per heavy atom. The molecule has 3 nitrogen and oxygen atoms in total. The average molecular weight is 252 g/mol. The Morgan fingerprint density at radius 1 is 1.28 bits per heavy atom. The van der Waals surface area contributed by atoms with Crippen molar-refractivity contribution >= 4 is 5.97 Å². The summed E-state index contributed by atoms with van der Waals surface area (Å²) in [5.41, 5.74) is 0.311. The number of ether oxygens (including phenoxy) is 1. The fourth-order valence-electron chi connectivity index (χ4n) is 1.62. The maximum atomic E-state index is 13.5. The molecule has 0 aliphatic carbocycles. The zero-order valence-corrected chi connectivity index (χ0v) is 9.79. The van der Waals surface area contributed by atoms with Gasteiger partial charge in [-0.2, -0.15) is 0 Å². The second kappa shape index (κ2) is 4.60. The van der Waals surface area contributed by atoms with Crippen LogP contribution in [0.5, 0.6) is 0 Å². The number of carbonyl (C=O) groups is 1. The number of esters is 1. The molecular weight excluding hydrogens is 242 g/mol. The lowest BCUT2D eigenvalue weighted by molar-refractivity contribution is 0.0599. The van der Waals surface area contributed by atoms with Crippen molar-refractivity contribution in [1.82, 2.24) is 0 Å². The number of halogens is 2. The Balaban J connectivity index is 2.49. The molecule has 0 bridgehead atoms. The summed E-state index contributed by atoms with van der Waals surface area (Å²) in [5, 5.41) is 0. The van der Waals surface area contributed by atoms with Gasteiger partial charge in [0.25, 0.3) is 0 Å². The van der Waals surface area contributed by atoms with Crippen LogP contribution < -0.4 is 0 Å². The fraction of sp³-hybridized carbons (Fsp3) is 0.154. The Bertz CT molecular complexity index is 602. The maximum absolute atomic E-state index is 13.5. The Kier molecular flexibility index (Phi) is 3.14. The van der Waals surface area contributed by atoms with Gasteiger partial charge in [0, 0.05) is 6.07 Å². The molecule has 0 aliphatic rings. The smallest absolute Gasteiger partial charge is 0.341 e. The standard InChI is InChI=1S/C13H10F2O3/c1-7-10(13(16)17-2)6-12(18-7)9-4-3-8(14)5-11(9)15/h3-6H,1-2H3. The van der Waals surface area contributed by atoms with Crippen molar-refractivity contribution in [3.8, 4) is 11.3 Å². The molecule has 18 heavy (non-hydrogen) atoms. The molecule has 1 heterocycles. The number of methoxy groups -OCH3 is 1. The van der Waals surface area contributed by atoms with Gasteiger partial charge in [0.2, 0.25) is 0 Å². The summed E-state index contributed by atoms with van der Waals surface area (Å²) in [6, 6.07) is 4.50. The zero-order valence-electron chi connectivity index (χ0n) is 9.79. The molecule has 0 N–H and O–H groups in total. The number of furan rings is 1. The van der Waals surface area contributed by atoms with E-state index in [2.05, 4.69) is 4.74 Å². The van der Waals surface area contributed by atoms with Gasteiger partial charge in [-0.3, -0.25) is 0 Å². The molecule has 1 aromatic heterocycles. The summed E-state index contributed by atoms with van der Waals surface area (Å²) in [7, 11) is 1.24. The number of aryl methyl sites for hydroxylation is 1. The molecule has 0 aliphatic heterocycles. The molecule has 0 fully saturated rings. The molecule has 0 atom stereocenters. The van der Waals surface area contributed by atoms with Crippen molar-refractivity contribution in [2.45, 2.75) is 6.92 Å². The van der Waals surface area contributed by atoms with Crippen LogP contribution in [0, 0.1) is 18.6 Å². The van der Waals surface area contributed by atoms with Crippen LogP contribution in [0.25, 0.3) is 11.3 Å². The minimum atomic E-state index is -0.750. The van der Waals surface area contributed by atoms with Crippen LogP contribution >= 0.6 is 0 Å². The van der Waals surface area contributed by atoms with Crippen molar-refractivity contribution in [1.29, 1.82) is 0 Å².